The molecular formula is C28H32FN3O3. The Hall–Kier alpha value is -3.45. The van der Waals surface area contributed by atoms with Gasteiger partial charge >= 0.3 is 0 Å². The van der Waals surface area contributed by atoms with Gasteiger partial charge in [-0.2, -0.15) is 0 Å². The van der Waals surface area contributed by atoms with Crippen LogP contribution in [-0.4, -0.2) is 48.1 Å². The van der Waals surface area contributed by atoms with E-state index in [1.54, 1.807) is 30.5 Å². The zero-order valence-electron chi connectivity index (χ0n) is 20.3. The van der Waals surface area contributed by atoms with Gasteiger partial charge in [0.15, 0.2) is 11.5 Å². The summed E-state index contributed by atoms with van der Waals surface area (Å²) in [5, 5.41) is 3.13. The molecule has 7 heteroatoms. The smallest absolute Gasteiger partial charge is 0.253 e. The Morgan fingerprint density at radius 1 is 1.03 bits per heavy atom. The molecule has 35 heavy (non-hydrogen) atoms. The fraction of sp³-hybridized carbons (Fsp3) is 0.357. The highest BCUT2D eigenvalue weighted by molar-refractivity contribution is 5.94. The van der Waals surface area contributed by atoms with E-state index < -0.39 is 0 Å². The number of carbonyl (C=O) groups is 1. The molecule has 3 aromatic rings. The van der Waals surface area contributed by atoms with Crippen molar-refractivity contribution in [2.45, 2.75) is 39.3 Å². The Kier molecular flexibility index (Phi) is 8.32. The topological polar surface area (TPSA) is 63.7 Å². The number of hydrogen-bond acceptors (Lipinski definition) is 5. The molecule has 1 aromatic heterocycles. The van der Waals surface area contributed by atoms with Crippen LogP contribution in [0.2, 0.25) is 0 Å². The number of halogens is 1. The Labute approximate surface area is 206 Å². The molecule has 4 rings (SSSR count). The molecule has 1 fully saturated rings. The summed E-state index contributed by atoms with van der Waals surface area (Å²) in [5.41, 5.74) is 3.01. The predicted octanol–water partition coefficient (Wildman–Crippen LogP) is 5.08. The number of likely N-dealkylation sites (tertiary alicyclic amines) is 1. The summed E-state index contributed by atoms with van der Waals surface area (Å²) in [6.45, 7) is 7.77. The molecule has 1 aliphatic rings. The van der Waals surface area contributed by atoms with Gasteiger partial charge in [0.2, 0.25) is 0 Å². The number of piperidine rings is 1. The molecule has 6 nitrogen and oxygen atoms in total. The molecule has 0 atom stereocenters. The quantitative estimate of drug-likeness (QED) is 0.466. The molecule has 0 bridgehead atoms. The van der Waals surface area contributed by atoms with Gasteiger partial charge in [0.1, 0.15) is 5.82 Å². The number of aromatic nitrogens is 1. The molecule has 1 aliphatic heterocycles. The molecule has 184 valence electrons. The summed E-state index contributed by atoms with van der Waals surface area (Å²) in [4.78, 5) is 19.5. The summed E-state index contributed by atoms with van der Waals surface area (Å²) in [6, 6.07) is 16.0. The minimum Gasteiger partial charge on any atom is -0.490 e. The minimum absolute atomic E-state index is 0.126. The number of hydrogen-bond donors (Lipinski definition) is 1. The highest BCUT2D eigenvalue weighted by atomic mass is 19.1. The first kappa shape index (κ1) is 24.7. The second-order valence-corrected chi connectivity index (χ2v) is 8.61. The van der Waals surface area contributed by atoms with Gasteiger partial charge in [0, 0.05) is 37.4 Å². The molecule has 0 unspecified atom stereocenters. The van der Waals surface area contributed by atoms with E-state index in [4.69, 9.17) is 9.47 Å². The maximum atomic E-state index is 13.5. The van der Waals surface area contributed by atoms with Gasteiger partial charge in [-0.3, -0.25) is 14.7 Å². The fourth-order valence-electron chi connectivity index (χ4n) is 4.30. The molecule has 2 heterocycles. The summed E-state index contributed by atoms with van der Waals surface area (Å²) in [7, 11) is 0. The Bertz CT molecular complexity index is 1130. The lowest BCUT2D eigenvalue weighted by molar-refractivity contribution is 0.0908. The van der Waals surface area contributed by atoms with Gasteiger partial charge in [-0.1, -0.05) is 18.2 Å². The van der Waals surface area contributed by atoms with Crippen molar-refractivity contribution in [3.63, 3.8) is 0 Å². The number of benzene rings is 2. The van der Waals surface area contributed by atoms with Crippen molar-refractivity contribution in [3.05, 3.63) is 77.7 Å². The van der Waals surface area contributed by atoms with Crippen LogP contribution >= 0.6 is 0 Å². The number of amides is 1. The third-order valence-corrected chi connectivity index (χ3v) is 6.08. The molecule has 2 aromatic carbocycles. The molecule has 1 N–H and O–H groups in total. The van der Waals surface area contributed by atoms with Crippen molar-refractivity contribution in [2.75, 3.05) is 26.3 Å². The first-order valence-electron chi connectivity index (χ1n) is 12.2. The van der Waals surface area contributed by atoms with Gasteiger partial charge in [-0.05, 0) is 68.7 Å². The van der Waals surface area contributed by atoms with Crippen molar-refractivity contribution >= 4 is 5.91 Å². The van der Waals surface area contributed by atoms with Crippen LogP contribution in [-0.2, 0) is 6.54 Å². The van der Waals surface area contributed by atoms with Gasteiger partial charge in [0.25, 0.3) is 5.91 Å². The van der Waals surface area contributed by atoms with Crippen LogP contribution in [0.5, 0.6) is 11.5 Å². The minimum atomic E-state index is -0.310. The lowest BCUT2D eigenvalue weighted by Gasteiger charge is -2.32. The Morgan fingerprint density at radius 2 is 1.80 bits per heavy atom. The van der Waals surface area contributed by atoms with Crippen LogP contribution in [0.15, 0.2) is 60.8 Å². The third kappa shape index (κ3) is 6.57. The maximum absolute atomic E-state index is 13.5. The Morgan fingerprint density at radius 3 is 2.49 bits per heavy atom. The molecule has 0 saturated carbocycles. The van der Waals surface area contributed by atoms with Gasteiger partial charge < -0.3 is 14.8 Å². The summed E-state index contributed by atoms with van der Waals surface area (Å²) in [5.74, 6) is 1.12. The maximum Gasteiger partial charge on any atom is 0.253 e. The highest BCUT2D eigenvalue weighted by Crippen LogP contribution is 2.29. The average molecular weight is 478 g/mol. The average Bonchev–Trinajstić information content (AvgIpc) is 2.87. The van der Waals surface area contributed by atoms with Crippen molar-refractivity contribution in [1.82, 2.24) is 15.2 Å². The lowest BCUT2D eigenvalue weighted by Crippen LogP contribution is -2.44. The summed E-state index contributed by atoms with van der Waals surface area (Å²) >= 11 is 0. The number of nitrogens with zero attached hydrogens (tertiary/aromatic N) is 2. The molecular weight excluding hydrogens is 445 g/mol. The van der Waals surface area contributed by atoms with E-state index in [0.29, 0.717) is 30.0 Å². The lowest BCUT2D eigenvalue weighted by atomic mass is 10.0. The number of pyridine rings is 1. The SMILES string of the molecule is CCOc1ccc(CN2CCC(NC(=O)c3ccc(-c4cccc(F)c4)nc3)CC2)cc1OCC. The van der Waals surface area contributed by atoms with E-state index in [1.807, 2.05) is 19.9 Å². The number of ether oxygens (including phenoxy) is 2. The molecule has 0 radical (unpaired) electrons. The number of rotatable bonds is 9. The zero-order chi connectivity index (χ0) is 24.6. The predicted molar refractivity (Wildman–Crippen MR) is 134 cm³/mol. The Balaban J connectivity index is 1.28. The molecule has 1 amide bonds. The van der Waals surface area contributed by atoms with Crippen LogP contribution in [0.3, 0.4) is 0 Å². The van der Waals surface area contributed by atoms with Gasteiger partial charge in [-0.15, -0.1) is 0 Å². The second-order valence-electron chi connectivity index (χ2n) is 8.61. The monoisotopic (exact) mass is 477 g/mol. The second kappa shape index (κ2) is 11.8. The number of carbonyl (C=O) groups excluding carboxylic acids is 1. The third-order valence-electron chi connectivity index (χ3n) is 6.08. The van der Waals surface area contributed by atoms with Crippen LogP contribution < -0.4 is 14.8 Å². The largest absolute Gasteiger partial charge is 0.490 e. The van der Waals surface area contributed by atoms with E-state index in [0.717, 1.165) is 44.0 Å². The molecule has 1 saturated heterocycles. The van der Waals surface area contributed by atoms with Crippen LogP contribution in [0.4, 0.5) is 4.39 Å². The van der Waals surface area contributed by atoms with E-state index >= 15 is 0 Å². The van der Waals surface area contributed by atoms with Crippen LogP contribution in [0.1, 0.15) is 42.6 Å². The standard InChI is InChI=1S/C28H32FN3O3/c1-3-34-26-11-8-20(16-27(26)35-4-2)19-32-14-12-24(13-15-32)31-28(33)22-9-10-25(30-18-22)21-6-5-7-23(29)17-21/h5-11,16-18,24H,3-4,12-15,19H2,1-2H3,(H,31,33). The van der Waals surface area contributed by atoms with E-state index in [1.165, 1.54) is 17.7 Å². The first-order valence-corrected chi connectivity index (χ1v) is 12.2. The number of nitrogens with one attached hydrogen (secondary N) is 1. The van der Waals surface area contributed by atoms with Crippen LogP contribution in [0, 0.1) is 5.82 Å². The van der Waals surface area contributed by atoms with Crippen molar-refractivity contribution in [2.24, 2.45) is 0 Å². The highest BCUT2D eigenvalue weighted by Gasteiger charge is 2.22. The summed E-state index contributed by atoms with van der Waals surface area (Å²) < 4.78 is 24.9. The normalized spacial score (nSPS) is 14.5. The molecule has 0 aliphatic carbocycles. The van der Waals surface area contributed by atoms with E-state index in [9.17, 15) is 9.18 Å². The van der Waals surface area contributed by atoms with Gasteiger partial charge in [0.05, 0.1) is 24.5 Å². The fourth-order valence-corrected chi connectivity index (χ4v) is 4.30. The first-order chi connectivity index (χ1) is 17.1. The van der Waals surface area contributed by atoms with Crippen molar-refractivity contribution < 1.29 is 18.7 Å². The van der Waals surface area contributed by atoms with E-state index in [-0.39, 0.29) is 17.8 Å². The van der Waals surface area contributed by atoms with Crippen molar-refractivity contribution in [1.29, 1.82) is 0 Å². The van der Waals surface area contributed by atoms with Crippen LogP contribution in [0.25, 0.3) is 11.3 Å². The van der Waals surface area contributed by atoms with E-state index in [2.05, 4.69) is 27.3 Å². The zero-order valence-corrected chi connectivity index (χ0v) is 20.3. The summed E-state index contributed by atoms with van der Waals surface area (Å²) in [6.07, 6.45) is 3.32. The molecule has 0 spiro atoms. The van der Waals surface area contributed by atoms with Gasteiger partial charge in [-0.25, -0.2) is 4.39 Å². The van der Waals surface area contributed by atoms with Crippen molar-refractivity contribution in [3.8, 4) is 22.8 Å².